The molecule has 4 heteroatoms. The Kier molecular flexibility index (Phi) is 4.59. The Labute approximate surface area is 109 Å². The van der Waals surface area contributed by atoms with E-state index in [9.17, 15) is 5.11 Å². The quantitative estimate of drug-likeness (QED) is 0.872. The fourth-order valence-electron chi connectivity index (χ4n) is 1.64. The van der Waals surface area contributed by atoms with E-state index in [1.54, 1.807) is 20.3 Å². The van der Waals surface area contributed by atoms with Gasteiger partial charge in [0.15, 0.2) is 0 Å². The molecule has 1 aromatic carbocycles. The first kappa shape index (κ1) is 14.8. The minimum atomic E-state index is -0.628. The minimum Gasteiger partial charge on any atom is -0.497 e. The molecule has 0 heterocycles. The van der Waals surface area contributed by atoms with Crippen molar-refractivity contribution in [1.29, 1.82) is 0 Å². The summed E-state index contributed by atoms with van der Waals surface area (Å²) in [5, 5.41) is 10.5. The number of aliphatic hydroxyl groups is 1. The number of hydrogen-bond donors (Lipinski definition) is 1. The van der Waals surface area contributed by atoms with Crippen molar-refractivity contribution in [3.05, 3.63) is 23.8 Å². The molecule has 0 fully saturated rings. The highest BCUT2D eigenvalue weighted by Gasteiger charge is 2.31. The zero-order valence-corrected chi connectivity index (χ0v) is 12.0. The number of ether oxygens (including phenoxy) is 2. The van der Waals surface area contributed by atoms with Gasteiger partial charge in [0, 0.05) is 11.6 Å². The maximum absolute atomic E-state index is 10.5. The van der Waals surface area contributed by atoms with Gasteiger partial charge in [0.05, 0.1) is 20.3 Å². The van der Waals surface area contributed by atoms with Gasteiger partial charge >= 0.3 is 0 Å². The van der Waals surface area contributed by atoms with Gasteiger partial charge in [-0.15, -0.1) is 0 Å². The highest BCUT2D eigenvalue weighted by atomic mass is 16.5. The summed E-state index contributed by atoms with van der Waals surface area (Å²) in [4.78, 5) is 1.99. The maximum atomic E-state index is 10.5. The molecule has 1 N–H and O–H groups in total. The summed E-state index contributed by atoms with van der Waals surface area (Å²) in [7, 11) is 7.09. The van der Waals surface area contributed by atoms with Crippen molar-refractivity contribution in [2.45, 2.75) is 25.5 Å². The molecule has 0 saturated carbocycles. The van der Waals surface area contributed by atoms with Gasteiger partial charge in [0.25, 0.3) is 0 Å². The number of benzene rings is 1. The Bertz CT molecular complexity index is 380. The van der Waals surface area contributed by atoms with Crippen LogP contribution in [-0.4, -0.2) is 43.9 Å². The summed E-state index contributed by atoms with van der Waals surface area (Å²) in [6.07, 6.45) is -0.628. The fourth-order valence-corrected chi connectivity index (χ4v) is 1.64. The highest BCUT2D eigenvalue weighted by Crippen LogP contribution is 2.33. The molecule has 1 rings (SSSR count). The molecule has 18 heavy (non-hydrogen) atoms. The molecular formula is C14H23NO3. The number of likely N-dealkylation sites (N-methyl/N-ethyl adjacent to an activating group) is 1. The average molecular weight is 253 g/mol. The van der Waals surface area contributed by atoms with Crippen LogP contribution in [0.3, 0.4) is 0 Å². The van der Waals surface area contributed by atoms with Crippen molar-refractivity contribution in [3.8, 4) is 11.5 Å². The van der Waals surface area contributed by atoms with Crippen molar-refractivity contribution in [1.82, 2.24) is 4.90 Å². The number of rotatable bonds is 5. The molecule has 1 unspecified atom stereocenters. The van der Waals surface area contributed by atoms with Crippen molar-refractivity contribution in [2.75, 3.05) is 28.3 Å². The molecule has 0 saturated heterocycles. The Morgan fingerprint density at radius 2 is 1.50 bits per heavy atom. The molecule has 0 aliphatic carbocycles. The van der Waals surface area contributed by atoms with Crippen LogP contribution in [-0.2, 0) is 0 Å². The van der Waals surface area contributed by atoms with E-state index in [2.05, 4.69) is 0 Å². The van der Waals surface area contributed by atoms with Crippen LogP contribution in [0.1, 0.15) is 25.5 Å². The summed E-state index contributed by atoms with van der Waals surface area (Å²) in [6.45, 7) is 3.98. The molecule has 0 aromatic heterocycles. The van der Waals surface area contributed by atoms with Crippen LogP contribution in [0.2, 0.25) is 0 Å². The normalized spacial score (nSPS) is 13.6. The lowest BCUT2D eigenvalue weighted by molar-refractivity contribution is 0.0162. The fraction of sp³-hybridized carbons (Fsp3) is 0.571. The second-order valence-corrected chi connectivity index (χ2v) is 5.10. The largest absolute Gasteiger partial charge is 0.497 e. The summed E-state index contributed by atoms with van der Waals surface area (Å²) < 4.78 is 10.4. The lowest BCUT2D eigenvalue weighted by Crippen LogP contribution is -2.43. The van der Waals surface area contributed by atoms with Gasteiger partial charge in [0.2, 0.25) is 0 Å². The second kappa shape index (κ2) is 5.59. The third kappa shape index (κ3) is 2.94. The van der Waals surface area contributed by atoms with Gasteiger partial charge in [-0.2, -0.15) is 0 Å². The molecule has 0 aliphatic rings. The number of hydrogen-bond acceptors (Lipinski definition) is 4. The van der Waals surface area contributed by atoms with Crippen LogP contribution in [0.5, 0.6) is 11.5 Å². The highest BCUT2D eigenvalue weighted by molar-refractivity contribution is 5.40. The number of aliphatic hydroxyl groups excluding tert-OH is 1. The average Bonchev–Trinajstić information content (AvgIpc) is 2.36. The molecule has 1 aromatic rings. The van der Waals surface area contributed by atoms with Gasteiger partial charge in [-0.25, -0.2) is 0 Å². The molecular weight excluding hydrogens is 230 g/mol. The van der Waals surface area contributed by atoms with Crippen LogP contribution in [0, 0.1) is 0 Å². The van der Waals surface area contributed by atoms with E-state index in [4.69, 9.17) is 9.47 Å². The van der Waals surface area contributed by atoms with E-state index in [-0.39, 0.29) is 5.54 Å². The number of methoxy groups -OCH3 is 2. The van der Waals surface area contributed by atoms with Gasteiger partial charge in [-0.3, -0.25) is 0 Å². The van der Waals surface area contributed by atoms with Crippen LogP contribution >= 0.6 is 0 Å². The summed E-state index contributed by atoms with van der Waals surface area (Å²) in [5.41, 5.74) is 0.405. The summed E-state index contributed by atoms with van der Waals surface area (Å²) >= 11 is 0. The lowest BCUT2D eigenvalue weighted by Gasteiger charge is -2.37. The van der Waals surface area contributed by atoms with Crippen LogP contribution in [0.4, 0.5) is 0 Å². The Hall–Kier alpha value is -1.26. The molecule has 0 amide bonds. The molecule has 0 bridgehead atoms. The van der Waals surface area contributed by atoms with Crippen LogP contribution in [0.25, 0.3) is 0 Å². The van der Waals surface area contributed by atoms with Crippen LogP contribution < -0.4 is 9.47 Å². The van der Waals surface area contributed by atoms with E-state index in [0.29, 0.717) is 11.5 Å². The van der Waals surface area contributed by atoms with E-state index < -0.39 is 6.10 Å². The topological polar surface area (TPSA) is 41.9 Å². The SMILES string of the molecule is COc1cc(OC)cc(C(O)C(C)(C)N(C)C)c1. The lowest BCUT2D eigenvalue weighted by atomic mass is 9.90. The first-order valence-corrected chi connectivity index (χ1v) is 5.91. The Balaban J connectivity index is 3.16. The van der Waals surface area contributed by atoms with Gasteiger partial charge in [-0.1, -0.05) is 0 Å². The Morgan fingerprint density at radius 1 is 1.06 bits per heavy atom. The van der Waals surface area contributed by atoms with Crippen LogP contribution in [0.15, 0.2) is 18.2 Å². The molecule has 0 aliphatic heterocycles. The predicted octanol–water partition coefficient (Wildman–Crippen LogP) is 2.08. The molecule has 0 spiro atoms. The Morgan fingerprint density at radius 3 is 1.83 bits per heavy atom. The van der Waals surface area contributed by atoms with Crippen molar-refractivity contribution in [3.63, 3.8) is 0 Å². The number of nitrogens with zero attached hydrogens (tertiary/aromatic N) is 1. The smallest absolute Gasteiger partial charge is 0.122 e. The van der Waals surface area contributed by atoms with E-state index in [1.165, 1.54) is 0 Å². The third-order valence-electron chi connectivity index (χ3n) is 3.51. The standard InChI is InChI=1S/C14H23NO3/c1-14(2,15(3)4)13(16)10-7-11(17-5)9-12(8-10)18-6/h7-9,13,16H,1-6H3. The van der Waals surface area contributed by atoms with Gasteiger partial charge < -0.3 is 19.5 Å². The van der Waals surface area contributed by atoms with Gasteiger partial charge in [-0.05, 0) is 45.6 Å². The molecule has 0 radical (unpaired) electrons. The monoisotopic (exact) mass is 253 g/mol. The molecule has 102 valence electrons. The maximum Gasteiger partial charge on any atom is 0.122 e. The van der Waals surface area contributed by atoms with E-state index in [0.717, 1.165) is 5.56 Å². The summed E-state index contributed by atoms with van der Waals surface area (Å²) in [6, 6.07) is 5.45. The predicted molar refractivity (Wildman–Crippen MR) is 72.3 cm³/mol. The zero-order chi connectivity index (χ0) is 13.9. The zero-order valence-electron chi connectivity index (χ0n) is 12.0. The first-order valence-electron chi connectivity index (χ1n) is 5.91. The first-order chi connectivity index (χ1) is 8.32. The summed E-state index contributed by atoms with van der Waals surface area (Å²) in [5.74, 6) is 1.36. The minimum absolute atomic E-state index is 0.378. The third-order valence-corrected chi connectivity index (χ3v) is 3.51. The van der Waals surface area contributed by atoms with Gasteiger partial charge in [0.1, 0.15) is 11.5 Å². The molecule has 4 nitrogen and oxygen atoms in total. The van der Waals surface area contributed by atoms with Crippen molar-refractivity contribution >= 4 is 0 Å². The molecule has 1 atom stereocenters. The van der Waals surface area contributed by atoms with Crippen molar-refractivity contribution in [2.24, 2.45) is 0 Å². The van der Waals surface area contributed by atoms with E-state index >= 15 is 0 Å². The van der Waals surface area contributed by atoms with Crippen molar-refractivity contribution < 1.29 is 14.6 Å². The second-order valence-electron chi connectivity index (χ2n) is 5.10. The van der Waals surface area contributed by atoms with E-state index in [1.807, 2.05) is 45.0 Å².